The number of anilines is 2. The lowest BCUT2D eigenvalue weighted by Gasteiger charge is -2.18. The van der Waals surface area contributed by atoms with Crippen molar-refractivity contribution in [3.8, 4) is 17.2 Å². The number of amides is 2. The van der Waals surface area contributed by atoms with Crippen LogP contribution >= 0.6 is 0 Å². The van der Waals surface area contributed by atoms with Crippen LogP contribution in [0.2, 0.25) is 0 Å². The van der Waals surface area contributed by atoms with Gasteiger partial charge in [0.15, 0.2) is 11.5 Å². The number of ether oxygens (including phenoxy) is 3. The summed E-state index contributed by atoms with van der Waals surface area (Å²) in [6.07, 6.45) is 0. The number of hydrogen-bond acceptors (Lipinski definition) is 7. The van der Waals surface area contributed by atoms with E-state index in [-0.39, 0.29) is 17.0 Å². The van der Waals surface area contributed by atoms with E-state index in [9.17, 15) is 18.0 Å². The van der Waals surface area contributed by atoms with Gasteiger partial charge < -0.3 is 19.5 Å². The van der Waals surface area contributed by atoms with E-state index in [2.05, 4.69) is 5.32 Å². The Balaban J connectivity index is 1.92. The summed E-state index contributed by atoms with van der Waals surface area (Å²) in [7, 11) is 0.572. The molecule has 2 aromatic rings. The molecular weight excluding hydrogens is 424 g/mol. The molecule has 2 aromatic carbocycles. The number of nitrogens with zero attached hydrogens (tertiary/aromatic N) is 1. The van der Waals surface area contributed by atoms with E-state index in [1.165, 1.54) is 45.6 Å². The average Bonchev–Trinajstić information content (AvgIpc) is 2.89. The summed E-state index contributed by atoms with van der Waals surface area (Å²) >= 11 is 0. The maximum absolute atomic E-state index is 12.8. The van der Waals surface area contributed by atoms with Crippen LogP contribution in [-0.4, -0.2) is 47.3 Å². The molecule has 3 rings (SSSR count). The zero-order valence-corrected chi connectivity index (χ0v) is 18.7. The molecule has 0 radical (unpaired) electrons. The molecule has 0 unspecified atom stereocenters. The highest BCUT2D eigenvalue weighted by molar-refractivity contribution is 7.94. The van der Waals surface area contributed by atoms with E-state index in [0.717, 1.165) is 4.31 Å². The van der Waals surface area contributed by atoms with Crippen molar-refractivity contribution in [2.75, 3.05) is 36.7 Å². The molecule has 2 amide bonds. The first-order valence-electron chi connectivity index (χ1n) is 9.33. The minimum atomic E-state index is -3.82. The topological polar surface area (TPSA) is 111 Å². The van der Waals surface area contributed by atoms with Gasteiger partial charge in [-0.05, 0) is 32.0 Å². The smallest absolute Gasteiger partial charge is 0.255 e. The maximum Gasteiger partial charge on any atom is 0.255 e. The van der Waals surface area contributed by atoms with Crippen molar-refractivity contribution in [3.05, 3.63) is 42.0 Å². The Morgan fingerprint density at radius 2 is 1.65 bits per heavy atom. The molecule has 0 bridgehead atoms. The molecule has 10 heteroatoms. The molecule has 0 aromatic heterocycles. The molecule has 1 fully saturated rings. The summed E-state index contributed by atoms with van der Waals surface area (Å²) in [6, 6.07) is 9.03. The lowest BCUT2D eigenvalue weighted by atomic mass is 9.95. The maximum atomic E-state index is 12.8. The fourth-order valence-electron chi connectivity index (χ4n) is 3.39. The third kappa shape index (κ3) is 4.15. The molecule has 1 N–H and O–H groups in total. The molecule has 1 aliphatic rings. The van der Waals surface area contributed by atoms with Crippen molar-refractivity contribution in [2.45, 2.75) is 13.8 Å². The van der Waals surface area contributed by atoms with E-state index in [0.29, 0.717) is 22.9 Å². The molecule has 0 spiro atoms. The second-order valence-corrected chi connectivity index (χ2v) is 9.45. The second kappa shape index (κ2) is 8.10. The fourth-order valence-corrected chi connectivity index (χ4v) is 5.49. The molecule has 1 aliphatic heterocycles. The second-order valence-electron chi connectivity index (χ2n) is 7.63. The summed E-state index contributed by atoms with van der Waals surface area (Å²) in [6.45, 7) is 3.15. The number of benzene rings is 2. The minimum Gasteiger partial charge on any atom is -0.493 e. The Morgan fingerprint density at radius 3 is 2.13 bits per heavy atom. The van der Waals surface area contributed by atoms with Gasteiger partial charge in [-0.15, -0.1) is 0 Å². The van der Waals surface area contributed by atoms with Gasteiger partial charge in [0.2, 0.25) is 21.7 Å². The predicted molar refractivity (Wildman–Crippen MR) is 116 cm³/mol. The molecule has 0 atom stereocenters. The average molecular weight is 448 g/mol. The van der Waals surface area contributed by atoms with Gasteiger partial charge in [-0.25, -0.2) is 12.7 Å². The Bertz CT molecular complexity index is 1120. The van der Waals surface area contributed by atoms with Crippen LogP contribution in [0, 0.1) is 5.41 Å². The number of sulfonamides is 1. The first-order valence-corrected chi connectivity index (χ1v) is 10.9. The molecule has 1 saturated heterocycles. The van der Waals surface area contributed by atoms with E-state index in [4.69, 9.17) is 14.2 Å². The van der Waals surface area contributed by atoms with Crippen LogP contribution in [0.15, 0.2) is 36.4 Å². The Morgan fingerprint density at radius 1 is 1.03 bits per heavy atom. The van der Waals surface area contributed by atoms with Crippen molar-refractivity contribution >= 4 is 33.2 Å². The zero-order valence-electron chi connectivity index (χ0n) is 17.9. The van der Waals surface area contributed by atoms with E-state index < -0.39 is 27.3 Å². The molecule has 166 valence electrons. The van der Waals surface area contributed by atoms with Crippen molar-refractivity contribution in [2.24, 2.45) is 5.41 Å². The van der Waals surface area contributed by atoms with Crippen molar-refractivity contribution in [1.82, 2.24) is 0 Å². The van der Waals surface area contributed by atoms with Crippen LogP contribution in [0.4, 0.5) is 11.4 Å². The van der Waals surface area contributed by atoms with E-state index in [1.807, 2.05) is 0 Å². The highest BCUT2D eigenvalue weighted by Crippen LogP contribution is 2.40. The highest BCUT2D eigenvalue weighted by atomic mass is 32.2. The van der Waals surface area contributed by atoms with Gasteiger partial charge in [0.05, 0.1) is 38.2 Å². The number of carbonyl (C=O) groups is 2. The van der Waals surface area contributed by atoms with Crippen LogP contribution in [0.25, 0.3) is 0 Å². The summed E-state index contributed by atoms with van der Waals surface area (Å²) in [4.78, 5) is 25.5. The quantitative estimate of drug-likeness (QED) is 0.723. The molecule has 31 heavy (non-hydrogen) atoms. The Hall–Kier alpha value is -3.27. The molecule has 0 saturated carbocycles. The summed E-state index contributed by atoms with van der Waals surface area (Å²) in [5, 5.41) is 2.72. The fraction of sp³-hybridized carbons (Fsp3) is 0.333. The number of nitrogens with one attached hydrogen (secondary N) is 1. The van der Waals surface area contributed by atoms with Crippen LogP contribution in [-0.2, 0) is 14.8 Å². The highest BCUT2D eigenvalue weighted by Gasteiger charge is 2.49. The Labute approximate surface area is 181 Å². The normalized spacial score (nSPS) is 16.7. The monoisotopic (exact) mass is 448 g/mol. The number of hydrogen-bond donors (Lipinski definition) is 1. The third-order valence-electron chi connectivity index (χ3n) is 4.85. The van der Waals surface area contributed by atoms with Gasteiger partial charge in [0.25, 0.3) is 5.91 Å². The standard InChI is InChI=1S/C21H24N2O7S/c1-21(2)12-31(26,27)23(20(21)25)15-8-6-7-13(9-15)19(24)22-14-10-16(28-3)18(30-5)17(11-14)29-4/h6-11H,12H2,1-5H3,(H,22,24). The lowest BCUT2D eigenvalue weighted by Crippen LogP contribution is -2.33. The lowest BCUT2D eigenvalue weighted by molar-refractivity contribution is -0.123. The molecule has 0 aliphatic carbocycles. The molecule has 1 heterocycles. The largest absolute Gasteiger partial charge is 0.493 e. The third-order valence-corrected chi connectivity index (χ3v) is 6.87. The van der Waals surface area contributed by atoms with E-state index >= 15 is 0 Å². The summed E-state index contributed by atoms with van der Waals surface area (Å²) in [5.41, 5.74) is -0.351. The zero-order chi connectivity index (χ0) is 23.0. The van der Waals surface area contributed by atoms with Crippen molar-refractivity contribution in [1.29, 1.82) is 0 Å². The van der Waals surface area contributed by atoms with Gasteiger partial charge in [0.1, 0.15) is 0 Å². The van der Waals surface area contributed by atoms with Crippen molar-refractivity contribution < 1.29 is 32.2 Å². The van der Waals surface area contributed by atoms with E-state index in [1.54, 1.807) is 26.0 Å². The van der Waals surface area contributed by atoms with Crippen LogP contribution in [0.5, 0.6) is 17.2 Å². The summed E-state index contributed by atoms with van der Waals surface area (Å²) in [5.74, 6) is -0.219. The number of carbonyl (C=O) groups excluding carboxylic acids is 2. The van der Waals surface area contributed by atoms with Gasteiger partial charge >= 0.3 is 0 Å². The first-order chi connectivity index (χ1) is 14.5. The van der Waals surface area contributed by atoms with Gasteiger partial charge in [-0.1, -0.05) is 6.07 Å². The predicted octanol–water partition coefficient (Wildman–Crippen LogP) is 2.67. The SMILES string of the molecule is COc1cc(NC(=O)c2cccc(N3C(=O)C(C)(C)CS3(=O)=O)c2)cc(OC)c1OC. The summed E-state index contributed by atoms with van der Waals surface area (Å²) < 4.78 is 41.6. The minimum absolute atomic E-state index is 0.119. The molecule has 9 nitrogen and oxygen atoms in total. The van der Waals surface area contributed by atoms with Gasteiger partial charge in [-0.3, -0.25) is 9.59 Å². The number of methoxy groups -OCH3 is 3. The molecular formula is C21H24N2O7S. The van der Waals surface area contributed by atoms with Crippen molar-refractivity contribution in [3.63, 3.8) is 0 Å². The van der Waals surface area contributed by atoms with Crippen LogP contribution in [0.1, 0.15) is 24.2 Å². The van der Waals surface area contributed by atoms with Gasteiger partial charge in [0, 0.05) is 23.4 Å². The van der Waals surface area contributed by atoms with Crippen LogP contribution in [0.3, 0.4) is 0 Å². The first kappa shape index (κ1) is 22.4. The van der Waals surface area contributed by atoms with Crippen LogP contribution < -0.4 is 23.8 Å². The Kier molecular flexibility index (Phi) is 5.86. The van der Waals surface area contributed by atoms with Gasteiger partial charge in [-0.2, -0.15) is 0 Å². The number of rotatable bonds is 6.